The van der Waals surface area contributed by atoms with E-state index < -0.39 is 11.7 Å². The lowest BCUT2D eigenvalue weighted by Gasteiger charge is -2.13. The van der Waals surface area contributed by atoms with Crippen molar-refractivity contribution in [3.8, 4) is 11.5 Å². The molecule has 31 heavy (non-hydrogen) atoms. The molecule has 2 N–H and O–H groups in total. The molecule has 0 aromatic heterocycles. The Balaban J connectivity index is 1.64. The second-order valence-electron chi connectivity index (χ2n) is 6.65. The number of hydrogen-bond acceptors (Lipinski definition) is 4. The minimum Gasteiger partial charge on any atom is -0.493 e. The molecule has 0 saturated heterocycles. The third kappa shape index (κ3) is 5.96. The fraction of sp³-hybridized carbons (Fsp3) is 0.130. The number of rotatable bonds is 7. The van der Waals surface area contributed by atoms with Gasteiger partial charge in [0.2, 0.25) is 0 Å². The van der Waals surface area contributed by atoms with Gasteiger partial charge in [-0.2, -0.15) is 0 Å². The van der Waals surface area contributed by atoms with Crippen molar-refractivity contribution in [1.82, 2.24) is 0 Å². The zero-order valence-corrected chi connectivity index (χ0v) is 17.6. The van der Waals surface area contributed by atoms with E-state index in [1.807, 2.05) is 13.0 Å². The van der Waals surface area contributed by atoms with Crippen LogP contribution in [0, 0.1) is 12.7 Å². The van der Waals surface area contributed by atoms with Gasteiger partial charge in [0.25, 0.3) is 11.8 Å². The Kier molecular flexibility index (Phi) is 7.10. The van der Waals surface area contributed by atoms with Crippen LogP contribution in [0.3, 0.4) is 0 Å². The normalized spacial score (nSPS) is 10.3. The number of methoxy groups -OCH3 is 1. The molecule has 6 nitrogen and oxygen atoms in total. The van der Waals surface area contributed by atoms with Crippen LogP contribution >= 0.6 is 11.6 Å². The average molecular weight is 443 g/mol. The van der Waals surface area contributed by atoms with Crippen molar-refractivity contribution in [2.75, 3.05) is 24.4 Å². The van der Waals surface area contributed by atoms with Gasteiger partial charge in [-0.3, -0.25) is 9.59 Å². The van der Waals surface area contributed by atoms with Crippen molar-refractivity contribution < 1.29 is 23.5 Å². The molecule has 0 aliphatic carbocycles. The van der Waals surface area contributed by atoms with E-state index in [1.54, 1.807) is 18.2 Å². The fourth-order valence-electron chi connectivity index (χ4n) is 2.72. The Bertz CT molecular complexity index is 1100. The Labute approximate surface area is 183 Å². The summed E-state index contributed by atoms with van der Waals surface area (Å²) in [5.74, 6) is -0.610. The summed E-state index contributed by atoms with van der Waals surface area (Å²) in [6.45, 7) is 1.61. The Morgan fingerprint density at radius 1 is 0.968 bits per heavy atom. The van der Waals surface area contributed by atoms with E-state index in [0.717, 1.165) is 5.56 Å². The van der Waals surface area contributed by atoms with Crippen molar-refractivity contribution in [1.29, 1.82) is 0 Å². The van der Waals surface area contributed by atoms with Gasteiger partial charge >= 0.3 is 0 Å². The quantitative estimate of drug-likeness (QED) is 0.536. The van der Waals surface area contributed by atoms with Crippen LogP contribution in [0.25, 0.3) is 0 Å². The Morgan fingerprint density at radius 2 is 1.71 bits per heavy atom. The summed E-state index contributed by atoms with van der Waals surface area (Å²) in [7, 11) is 1.43. The SMILES string of the molecule is COc1cc(C(=O)Nc2ccc(C)cc2Cl)ccc1OCC(=O)Nc1ccc(F)cc1. The van der Waals surface area contributed by atoms with Crippen LogP contribution in [0.5, 0.6) is 11.5 Å². The molecule has 0 aliphatic rings. The zero-order valence-electron chi connectivity index (χ0n) is 16.9. The van der Waals surface area contributed by atoms with Crippen LogP contribution in [0.15, 0.2) is 60.7 Å². The topological polar surface area (TPSA) is 76.7 Å². The van der Waals surface area contributed by atoms with Crippen LogP contribution in [0.1, 0.15) is 15.9 Å². The number of ether oxygens (including phenoxy) is 2. The molecule has 8 heteroatoms. The van der Waals surface area contributed by atoms with Crippen molar-refractivity contribution in [3.63, 3.8) is 0 Å². The molecule has 0 spiro atoms. The molecule has 3 aromatic carbocycles. The van der Waals surface area contributed by atoms with E-state index in [-0.39, 0.29) is 18.3 Å². The van der Waals surface area contributed by atoms with E-state index in [0.29, 0.717) is 27.7 Å². The van der Waals surface area contributed by atoms with Crippen LogP contribution in [-0.2, 0) is 4.79 Å². The van der Waals surface area contributed by atoms with Gasteiger partial charge in [-0.1, -0.05) is 17.7 Å². The van der Waals surface area contributed by atoms with Crippen LogP contribution < -0.4 is 20.1 Å². The van der Waals surface area contributed by atoms with Gasteiger partial charge in [-0.25, -0.2) is 4.39 Å². The summed E-state index contributed by atoms with van der Waals surface area (Å²) in [4.78, 5) is 24.6. The second kappa shape index (κ2) is 9.95. The number of carbonyl (C=O) groups excluding carboxylic acids is 2. The summed E-state index contributed by atoms with van der Waals surface area (Å²) in [6.07, 6.45) is 0. The first-order valence-electron chi connectivity index (χ1n) is 9.29. The number of nitrogens with one attached hydrogen (secondary N) is 2. The molecule has 3 aromatic rings. The number of benzene rings is 3. The fourth-order valence-corrected chi connectivity index (χ4v) is 3.00. The number of carbonyl (C=O) groups is 2. The lowest BCUT2D eigenvalue weighted by atomic mass is 10.1. The highest BCUT2D eigenvalue weighted by atomic mass is 35.5. The predicted octanol–water partition coefficient (Wildman–Crippen LogP) is 5.07. The number of halogens is 2. The molecule has 0 fully saturated rings. The van der Waals surface area contributed by atoms with Crippen molar-refractivity contribution in [2.24, 2.45) is 0 Å². The molecule has 3 rings (SSSR count). The molecule has 0 radical (unpaired) electrons. The third-order valence-corrected chi connectivity index (χ3v) is 4.60. The number of anilines is 2. The number of hydrogen-bond donors (Lipinski definition) is 2. The maximum Gasteiger partial charge on any atom is 0.262 e. The van der Waals surface area contributed by atoms with Crippen LogP contribution in [-0.4, -0.2) is 25.5 Å². The first-order valence-corrected chi connectivity index (χ1v) is 9.67. The number of aryl methyl sites for hydroxylation is 1. The largest absolute Gasteiger partial charge is 0.493 e. The molecule has 0 aliphatic heterocycles. The molecular weight excluding hydrogens is 423 g/mol. The van der Waals surface area contributed by atoms with Gasteiger partial charge < -0.3 is 20.1 Å². The second-order valence-corrected chi connectivity index (χ2v) is 7.05. The summed E-state index contributed by atoms with van der Waals surface area (Å²) < 4.78 is 23.7. The Morgan fingerprint density at radius 3 is 2.39 bits per heavy atom. The summed E-state index contributed by atoms with van der Waals surface area (Å²) in [5.41, 5.74) is 2.25. The lowest BCUT2D eigenvalue weighted by molar-refractivity contribution is -0.118. The highest BCUT2D eigenvalue weighted by molar-refractivity contribution is 6.34. The minimum atomic E-state index is -0.426. The van der Waals surface area contributed by atoms with Gasteiger partial charge in [0.1, 0.15) is 5.82 Å². The van der Waals surface area contributed by atoms with Crippen molar-refractivity contribution >= 4 is 34.8 Å². The highest BCUT2D eigenvalue weighted by Gasteiger charge is 2.14. The summed E-state index contributed by atoms with van der Waals surface area (Å²) in [6, 6.07) is 15.3. The van der Waals surface area contributed by atoms with E-state index >= 15 is 0 Å². The molecule has 2 amide bonds. The molecule has 160 valence electrons. The number of amides is 2. The molecule has 0 atom stereocenters. The van der Waals surface area contributed by atoms with E-state index in [1.165, 1.54) is 43.5 Å². The third-order valence-electron chi connectivity index (χ3n) is 4.29. The van der Waals surface area contributed by atoms with E-state index in [4.69, 9.17) is 21.1 Å². The minimum absolute atomic E-state index is 0.289. The molecule has 0 unspecified atom stereocenters. The van der Waals surface area contributed by atoms with Gasteiger partial charge in [0, 0.05) is 11.3 Å². The molecule has 0 bridgehead atoms. The van der Waals surface area contributed by atoms with Gasteiger partial charge in [0.05, 0.1) is 17.8 Å². The monoisotopic (exact) mass is 442 g/mol. The standard InChI is InChI=1S/C23H20ClFN2O4/c1-14-3-9-19(18(24)11-14)27-23(29)15-4-10-20(21(12-15)30-2)31-13-22(28)26-17-7-5-16(25)6-8-17/h3-12H,13H2,1-2H3,(H,26,28)(H,27,29). The van der Waals surface area contributed by atoms with Gasteiger partial charge in [0.15, 0.2) is 18.1 Å². The first-order chi connectivity index (χ1) is 14.9. The van der Waals surface area contributed by atoms with Gasteiger partial charge in [-0.05, 0) is 67.1 Å². The smallest absolute Gasteiger partial charge is 0.262 e. The maximum atomic E-state index is 12.9. The predicted molar refractivity (Wildman–Crippen MR) is 118 cm³/mol. The zero-order chi connectivity index (χ0) is 22.4. The van der Waals surface area contributed by atoms with Crippen molar-refractivity contribution in [3.05, 3.63) is 82.6 Å². The Hall–Kier alpha value is -3.58. The van der Waals surface area contributed by atoms with Crippen LogP contribution in [0.2, 0.25) is 5.02 Å². The molecular formula is C23H20ClFN2O4. The van der Waals surface area contributed by atoms with Gasteiger partial charge in [-0.15, -0.1) is 0 Å². The molecule has 0 heterocycles. The summed E-state index contributed by atoms with van der Waals surface area (Å²) >= 11 is 6.17. The first kappa shape index (κ1) is 22.1. The highest BCUT2D eigenvalue weighted by Crippen LogP contribution is 2.29. The van der Waals surface area contributed by atoms with Crippen LogP contribution in [0.4, 0.5) is 15.8 Å². The average Bonchev–Trinajstić information content (AvgIpc) is 2.75. The maximum absolute atomic E-state index is 12.9. The summed E-state index contributed by atoms with van der Waals surface area (Å²) in [5, 5.41) is 5.78. The van der Waals surface area contributed by atoms with E-state index in [2.05, 4.69) is 10.6 Å². The van der Waals surface area contributed by atoms with Crippen molar-refractivity contribution in [2.45, 2.75) is 6.92 Å². The molecule has 0 saturated carbocycles. The van der Waals surface area contributed by atoms with E-state index in [9.17, 15) is 14.0 Å². The lowest BCUT2D eigenvalue weighted by Crippen LogP contribution is -2.20.